The highest BCUT2D eigenvalue weighted by molar-refractivity contribution is 6.03. The molecule has 3 aromatic rings. The van der Waals surface area contributed by atoms with Crippen LogP contribution in [0, 0.1) is 5.82 Å². The van der Waals surface area contributed by atoms with Gasteiger partial charge in [-0.15, -0.1) is 0 Å². The van der Waals surface area contributed by atoms with Crippen molar-refractivity contribution < 1.29 is 18.7 Å². The fraction of sp³-hybridized carbons (Fsp3) is 0.105. The number of benzene rings is 2. The molecule has 0 fully saturated rings. The third-order valence-corrected chi connectivity index (χ3v) is 4.19. The maximum Gasteiger partial charge on any atom is 0.328 e. The van der Waals surface area contributed by atoms with Crippen LogP contribution in [0.5, 0.6) is 11.5 Å². The highest BCUT2D eigenvalue weighted by atomic mass is 19.1. The molecule has 0 saturated heterocycles. The number of hydrogen-bond acceptors (Lipinski definition) is 5. The molecule has 2 N–H and O–H groups in total. The third kappa shape index (κ3) is 3.37. The van der Waals surface area contributed by atoms with Crippen molar-refractivity contribution in [2.75, 3.05) is 12.1 Å². The van der Waals surface area contributed by atoms with Gasteiger partial charge in [0.1, 0.15) is 11.4 Å². The van der Waals surface area contributed by atoms with Gasteiger partial charge in [0.15, 0.2) is 11.5 Å². The zero-order chi connectivity index (χ0) is 19.7. The van der Waals surface area contributed by atoms with Crippen molar-refractivity contribution in [3.63, 3.8) is 0 Å². The second-order valence-corrected chi connectivity index (χ2v) is 6.05. The van der Waals surface area contributed by atoms with Crippen LogP contribution in [-0.2, 0) is 6.54 Å². The van der Waals surface area contributed by atoms with Gasteiger partial charge in [0.25, 0.3) is 11.5 Å². The number of ether oxygens (including phenoxy) is 2. The van der Waals surface area contributed by atoms with Crippen LogP contribution in [-0.4, -0.2) is 22.3 Å². The topological polar surface area (TPSA) is 102 Å². The van der Waals surface area contributed by atoms with Crippen molar-refractivity contribution in [2.45, 2.75) is 6.54 Å². The Morgan fingerprint density at radius 3 is 2.64 bits per heavy atom. The highest BCUT2D eigenvalue weighted by Crippen LogP contribution is 2.32. The summed E-state index contributed by atoms with van der Waals surface area (Å²) < 4.78 is 24.4. The molecule has 0 unspecified atom stereocenters. The number of H-pyrrole nitrogens is 1. The van der Waals surface area contributed by atoms with E-state index in [0.29, 0.717) is 22.7 Å². The minimum atomic E-state index is -0.749. The number of nitrogens with one attached hydrogen (secondary N) is 2. The van der Waals surface area contributed by atoms with Gasteiger partial charge in [-0.1, -0.05) is 6.07 Å². The van der Waals surface area contributed by atoms with E-state index in [1.165, 1.54) is 24.3 Å². The van der Waals surface area contributed by atoms with E-state index < -0.39 is 23.0 Å². The molecule has 142 valence electrons. The molecule has 0 aliphatic carbocycles. The maximum atomic E-state index is 13.0. The van der Waals surface area contributed by atoms with E-state index in [1.807, 2.05) is 0 Å². The Balaban J connectivity index is 1.62. The largest absolute Gasteiger partial charge is 0.454 e. The van der Waals surface area contributed by atoms with Gasteiger partial charge < -0.3 is 19.8 Å². The average Bonchev–Trinajstić information content (AvgIpc) is 3.14. The van der Waals surface area contributed by atoms with Gasteiger partial charge in [-0.25, -0.2) is 9.18 Å². The molecule has 28 heavy (non-hydrogen) atoms. The molecule has 8 nitrogen and oxygen atoms in total. The number of aromatic amines is 1. The summed E-state index contributed by atoms with van der Waals surface area (Å²) in [5.74, 6) is -0.0648. The first-order chi connectivity index (χ1) is 13.5. The fourth-order valence-electron chi connectivity index (χ4n) is 2.77. The molecule has 2 heterocycles. The summed E-state index contributed by atoms with van der Waals surface area (Å²) in [7, 11) is 0. The summed E-state index contributed by atoms with van der Waals surface area (Å²) in [6.45, 7) is 0.0564. The minimum absolute atomic E-state index is 0.0531. The summed E-state index contributed by atoms with van der Waals surface area (Å²) >= 11 is 0. The Kier molecular flexibility index (Phi) is 4.40. The SMILES string of the molecule is O=C(Nc1ccc(F)cc1)c1c[nH]c(=O)n(Cc2ccc3c(c2)OCO3)c1=O. The fourth-order valence-corrected chi connectivity index (χ4v) is 2.77. The van der Waals surface area contributed by atoms with Crippen LogP contribution >= 0.6 is 0 Å². The van der Waals surface area contributed by atoms with Gasteiger partial charge in [0.2, 0.25) is 6.79 Å². The van der Waals surface area contributed by atoms with Crippen molar-refractivity contribution in [3.05, 3.63) is 86.4 Å². The number of amides is 1. The lowest BCUT2D eigenvalue weighted by atomic mass is 10.2. The van der Waals surface area contributed by atoms with Gasteiger partial charge in [0, 0.05) is 11.9 Å². The number of anilines is 1. The van der Waals surface area contributed by atoms with Gasteiger partial charge >= 0.3 is 5.69 Å². The number of rotatable bonds is 4. The van der Waals surface area contributed by atoms with Crippen molar-refractivity contribution in [2.24, 2.45) is 0 Å². The number of aromatic nitrogens is 2. The Morgan fingerprint density at radius 1 is 1.11 bits per heavy atom. The zero-order valence-corrected chi connectivity index (χ0v) is 14.4. The maximum absolute atomic E-state index is 13.0. The number of fused-ring (bicyclic) bond motifs is 1. The summed E-state index contributed by atoms with van der Waals surface area (Å²) in [4.78, 5) is 39.6. The smallest absolute Gasteiger partial charge is 0.328 e. The van der Waals surface area contributed by atoms with E-state index in [9.17, 15) is 18.8 Å². The molecule has 0 atom stereocenters. The number of halogens is 1. The van der Waals surface area contributed by atoms with Crippen LogP contribution in [0.15, 0.2) is 58.3 Å². The first kappa shape index (κ1) is 17.5. The number of nitrogens with zero attached hydrogens (tertiary/aromatic N) is 1. The Labute approximate surface area is 157 Å². The molecule has 2 aromatic carbocycles. The third-order valence-electron chi connectivity index (χ3n) is 4.19. The van der Waals surface area contributed by atoms with Crippen molar-refractivity contribution in [3.8, 4) is 11.5 Å². The summed E-state index contributed by atoms with van der Waals surface area (Å²) in [6, 6.07) is 10.1. The van der Waals surface area contributed by atoms with Gasteiger partial charge in [-0.05, 0) is 42.0 Å². The van der Waals surface area contributed by atoms with Gasteiger partial charge in [0.05, 0.1) is 6.54 Å². The summed E-state index contributed by atoms with van der Waals surface area (Å²) in [5.41, 5.74) is -0.695. The van der Waals surface area contributed by atoms with E-state index in [0.717, 1.165) is 10.8 Å². The lowest BCUT2D eigenvalue weighted by Crippen LogP contribution is -2.39. The van der Waals surface area contributed by atoms with Crippen LogP contribution < -0.4 is 26.0 Å². The minimum Gasteiger partial charge on any atom is -0.454 e. The molecule has 1 aliphatic heterocycles. The van der Waals surface area contributed by atoms with Crippen LogP contribution in [0.25, 0.3) is 0 Å². The van der Waals surface area contributed by atoms with Crippen molar-refractivity contribution in [1.29, 1.82) is 0 Å². The standard InChI is InChI=1S/C19H14FN3O5/c20-12-2-4-13(5-3-12)22-17(24)14-8-21-19(26)23(18(14)25)9-11-1-6-15-16(7-11)28-10-27-15/h1-8H,9-10H2,(H,21,26)(H,22,24). The Hall–Kier alpha value is -3.88. The Bertz CT molecular complexity index is 1170. The van der Waals surface area contributed by atoms with Crippen LogP contribution in [0.4, 0.5) is 10.1 Å². The molecule has 9 heteroatoms. The van der Waals surface area contributed by atoms with E-state index in [-0.39, 0.29) is 18.9 Å². The molecule has 0 bridgehead atoms. The predicted octanol–water partition coefficient (Wildman–Crippen LogP) is 1.70. The first-order valence-corrected chi connectivity index (χ1v) is 8.29. The second kappa shape index (κ2) is 7.03. The predicted molar refractivity (Wildman–Crippen MR) is 97.3 cm³/mol. The van der Waals surface area contributed by atoms with Crippen LogP contribution in [0.3, 0.4) is 0 Å². The molecule has 1 aromatic heterocycles. The number of carbonyl (C=O) groups is 1. The Morgan fingerprint density at radius 2 is 1.86 bits per heavy atom. The molecular formula is C19H14FN3O5. The zero-order valence-electron chi connectivity index (χ0n) is 14.4. The average molecular weight is 383 g/mol. The summed E-state index contributed by atoms with van der Waals surface area (Å²) in [6.07, 6.45) is 1.06. The normalized spacial score (nSPS) is 12.0. The molecule has 0 spiro atoms. The lowest BCUT2D eigenvalue weighted by molar-refractivity contribution is 0.102. The van der Waals surface area contributed by atoms with Crippen LogP contribution in [0.2, 0.25) is 0 Å². The monoisotopic (exact) mass is 383 g/mol. The lowest BCUT2D eigenvalue weighted by Gasteiger charge is -2.09. The molecule has 1 aliphatic rings. The van der Waals surface area contributed by atoms with E-state index in [2.05, 4.69) is 10.3 Å². The molecule has 0 radical (unpaired) electrons. The summed E-state index contributed by atoms with van der Waals surface area (Å²) in [5, 5.41) is 2.49. The van der Waals surface area contributed by atoms with E-state index in [4.69, 9.17) is 9.47 Å². The molecule has 4 rings (SSSR count). The van der Waals surface area contributed by atoms with Gasteiger partial charge in [-0.3, -0.25) is 14.2 Å². The van der Waals surface area contributed by atoms with Crippen molar-refractivity contribution in [1.82, 2.24) is 9.55 Å². The molecule has 0 saturated carbocycles. The van der Waals surface area contributed by atoms with Gasteiger partial charge in [-0.2, -0.15) is 0 Å². The van der Waals surface area contributed by atoms with Crippen LogP contribution in [0.1, 0.15) is 15.9 Å². The highest BCUT2D eigenvalue weighted by Gasteiger charge is 2.17. The van der Waals surface area contributed by atoms with Crippen molar-refractivity contribution >= 4 is 11.6 Å². The second-order valence-electron chi connectivity index (χ2n) is 6.05. The number of carbonyl (C=O) groups excluding carboxylic acids is 1. The first-order valence-electron chi connectivity index (χ1n) is 8.29. The molecular weight excluding hydrogens is 369 g/mol. The van der Waals surface area contributed by atoms with E-state index >= 15 is 0 Å². The quantitative estimate of drug-likeness (QED) is 0.714. The number of hydrogen-bond donors (Lipinski definition) is 2. The van der Waals surface area contributed by atoms with E-state index in [1.54, 1.807) is 18.2 Å². The molecule has 1 amide bonds.